The first-order valence-electron chi connectivity index (χ1n) is 4.69. The predicted octanol–water partition coefficient (Wildman–Crippen LogP) is 1.11. The maximum absolute atomic E-state index is 10.6. The van der Waals surface area contributed by atoms with E-state index in [2.05, 4.69) is 6.92 Å². The Hall–Kier alpha value is -0.770. The molecule has 0 aromatic carbocycles. The van der Waals surface area contributed by atoms with Gasteiger partial charge in [-0.3, -0.25) is 0 Å². The van der Waals surface area contributed by atoms with E-state index in [1.165, 1.54) is 4.90 Å². The van der Waals surface area contributed by atoms with Crippen LogP contribution in [0.5, 0.6) is 0 Å². The van der Waals surface area contributed by atoms with Crippen LogP contribution < -0.4 is 5.73 Å². The van der Waals surface area contributed by atoms with Crippen LogP contribution >= 0.6 is 0 Å². The topological polar surface area (TPSA) is 66.6 Å². The van der Waals surface area contributed by atoms with Gasteiger partial charge in [0.15, 0.2) is 0 Å². The fourth-order valence-electron chi connectivity index (χ4n) is 1.66. The van der Waals surface area contributed by atoms with E-state index in [0.717, 1.165) is 12.8 Å². The normalized spacial score (nSPS) is 24.1. The van der Waals surface area contributed by atoms with Gasteiger partial charge in [-0.2, -0.15) is 0 Å². The second-order valence-electron chi connectivity index (χ2n) is 4.21. The molecule has 4 nitrogen and oxygen atoms in total. The quantitative estimate of drug-likeness (QED) is 0.644. The van der Waals surface area contributed by atoms with Crippen molar-refractivity contribution in [2.24, 2.45) is 11.1 Å². The van der Waals surface area contributed by atoms with Gasteiger partial charge >= 0.3 is 6.09 Å². The van der Waals surface area contributed by atoms with Crippen molar-refractivity contribution < 1.29 is 9.90 Å². The molecule has 0 radical (unpaired) electrons. The van der Waals surface area contributed by atoms with Crippen LogP contribution in [-0.2, 0) is 0 Å². The van der Waals surface area contributed by atoms with E-state index in [9.17, 15) is 4.79 Å². The van der Waals surface area contributed by atoms with E-state index in [4.69, 9.17) is 10.8 Å². The highest BCUT2D eigenvalue weighted by Crippen LogP contribution is 2.33. The molecule has 0 spiro atoms. The molecule has 1 rings (SSSR count). The van der Waals surface area contributed by atoms with Gasteiger partial charge in [-0.1, -0.05) is 6.92 Å². The third kappa shape index (κ3) is 2.12. The number of likely N-dealkylation sites (tertiary alicyclic amines) is 1. The summed E-state index contributed by atoms with van der Waals surface area (Å²) in [5.74, 6) is 0. The number of amides is 1. The Kier molecular flexibility index (Phi) is 2.81. The van der Waals surface area contributed by atoms with E-state index in [0.29, 0.717) is 13.1 Å². The largest absolute Gasteiger partial charge is 0.465 e. The summed E-state index contributed by atoms with van der Waals surface area (Å²) in [6, 6.07) is 0.142. The Labute approximate surface area is 78.7 Å². The number of piperidine rings is 1. The summed E-state index contributed by atoms with van der Waals surface area (Å²) in [4.78, 5) is 12.1. The van der Waals surface area contributed by atoms with Crippen molar-refractivity contribution in [3.63, 3.8) is 0 Å². The summed E-state index contributed by atoms with van der Waals surface area (Å²) in [7, 11) is 0. The lowest BCUT2D eigenvalue weighted by Gasteiger charge is -2.40. The molecule has 1 atom stereocenters. The first-order valence-corrected chi connectivity index (χ1v) is 4.69. The zero-order valence-electron chi connectivity index (χ0n) is 8.29. The van der Waals surface area contributed by atoms with Crippen molar-refractivity contribution in [1.29, 1.82) is 0 Å². The molecule has 13 heavy (non-hydrogen) atoms. The molecule has 1 aliphatic heterocycles. The first kappa shape index (κ1) is 10.3. The Morgan fingerprint density at radius 1 is 1.54 bits per heavy atom. The Balaban J connectivity index is 2.51. The fourth-order valence-corrected chi connectivity index (χ4v) is 1.66. The lowest BCUT2D eigenvalue weighted by molar-refractivity contribution is 0.0870. The van der Waals surface area contributed by atoms with Crippen LogP contribution in [-0.4, -0.2) is 35.2 Å². The summed E-state index contributed by atoms with van der Waals surface area (Å²) >= 11 is 0. The SMILES string of the molecule is C[C@H](N)C1(C)CCN(C(=O)O)CC1. The van der Waals surface area contributed by atoms with Crippen LogP contribution in [0, 0.1) is 5.41 Å². The molecule has 0 unspecified atom stereocenters. The minimum absolute atomic E-state index is 0.117. The minimum Gasteiger partial charge on any atom is -0.465 e. The van der Waals surface area contributed by atoms with Crippen molar-refractivity contribution in [3.05, 3.63) is 0 Å². The van der Waals surface area contributed by atoms with Crippen LogP contribution in [0.4, 0.5) is 4.79 Å². The first-order chi connectivity index (χ1) is 5.96. The summed E-state index contributed by atoms with van der Waals surface area (Å²) in [6.07, 6.45) is 0.931. The standard InChI is InChI=1S/C9H18N2O2/c1-7(10)9(2)3-5-11(6-4-9)8(12)13/h7H,3-6,10H2,1-2H3,(H,12,13)/t7-/m0/s1. The van der Waals surface area contributed by atoms with E-state index < -0.39 is 6.09 Å². The van der Waals surface area contributed by atoms with Crippen LogP contribution in [0.15, 0.2) is 0 Å². The monoisotopic (exact) mass is 186 g/mol. The van der Waals surface area contributed by atoms with Crippen LogP contribution in [0.3, 0.4) is 0 Å². The van der Waals surface area contributed by atoms with Gasteiger partial charge in [0.2, 0.25) is 0 Å². The smallest absolute Gasteiger partial charge is 0.407 e. The van der Waals surface area contributed by atoms with E-state index in [1.807, 2.05) is 6.92 Å². The molecule has 0 aromatic rings. The molecular weight excluding hydrogens is 168 g/mol. The van der Waals surface area contributed by atoms with Gasteiger partial charge in [-0.25, -0.2) is 4.79 Å². The summed E-state index contributed by atoms with van der Waals surface area (Å²) < 4.78 is 0. The van der Waals surface area contributed by atoms with Crippen LogP contribution in [0.25, 0.3) is 0 Å². The highest BCUT2D eigenvalue weighted by atomic mass is 16.4. The molecule has 0 aromatic heterocycles. The minimum atomic E-state index is -0.813. The van der Waals surface area contributed by atoms with Crippen LogP contribution in [0.1, 0.15) is 26.7 Å². The molecule has 1 heterocycles. The number of nitrogens with two attached hydrogens (primary N) is 1. The maximum Gasteiger partial charge on any atom is 0.407 e. The van der Waals surface area contributed by atoms with Crippen LogP contribution in [0.2, 0.25) is 0 Å². The van der Waals surface area contributed by atoms with Crippen molar-refractivity contribution in [2.75, 3.05) is 13.1 Å². The Morgan fingerprint density at radius 3 is 2.31 bits per heavy atom. The number of nitrogens with zero attached hydrogens (tertiary/aromatic N) is 1. The number of hydrogen-bond donors (Lipinski definition) is 2. The molecule has 0 aliphatic carbocycles. The average molecular weight is 186 g/mol. The summed E-state index contributed by atoms with van der Waals surface area (Å²) in [6.45, 7) is 5.37. The molecule has 76 valence electrons. The van der Waals surface area contributed by atoms with Crippen molar-refractivity contribution >= 4 is 6.09 Å². The predicted molar refractivity (Wildman–Crippen MR) is 50.6 cm³/mol. The Morgan fingerprint density at radius 2 is 2.00 bits per heavy atom. The van der Waals surface area contributed by atoms with Crippen molar-refractivity contribution in [2.45, 2.75) is 32.7 Å². The molecule has 1 fully saturated rings. The van der Waals surface area contributed by atoms with Gasteiger partial charge < -0.3 is 15.7 Å². The third-order valence-electron chi connectivity index (χ3n) is 3.28. The fraction of sp³-hybridized carbons (Fsp3) is 0.889. The molecule has 0 saturated carbocycles. The molecule has 1 aliphatic rings. The van der Waals surface area contributed by atoms with Gasteiger partial charge in [0, 0.05) is 19.1 Å². The zero-order chi connectivity index (χ0) is 10.1. The molecule has 0 bridgehead atoms. The van der Waals surface area contributed by atoms with Gasteiger partial charge in [-0.05, 0) is 25.2 Å². The lowest BCUT2D eigenvalue weighted by atomic mass is 9.75. The number of rotatable bonds is 1. The highest BCUT2D eigenvalue weighted by molar-refractivity contribution is 5.65. The van der Waals surface area contributed by atoms with Crippen molar-refractivity contribution in [3.8, 4) is 0 Å². The zero-order valence-corrected chi connectivity index (χ0v) is 8.29. The van der Waals surface area contributed by atoms with Crippen molar-refractivity contribution in [1.82, 2.24) is 4.90 Å². The van der Waals surface area contributed by atoms with E-state index >= 15 is 0 Å². The molecule has 3 N–H and O–H groups in total. The van der Waals surface area contributed by atoms with Gasteiger partial charge in [0.05, 0.1) is 0 Å². The van der Waals surface area contributed by atoms with Gasteiger partial charge in [0.1, 0.15) is 0 Å². The summed E-state index contributed by atoms with van der Waals surface area (Å²) in [5.41, 5.74) is 5.97. The van der Waals surface area contributed by atoms with Gasteiger partial charge in [0.25, 0.3) is 0 Å². The number of carbonyl (C=O) groups is 1. The Bertz CT molecular complexity index is 196. The number of hydrogen-bond acceptors (Lipinski definition) is 2. The highest BCUT2D eigenvalue weighted by Gasteiger charge is 2.34. The number of carboxylic acid groups (broad SMARTS) is 1. The molecular formula is C9H18N2O2. The second-order valence-corrected chi connectivity index (χ2v) is 4.21. The second kappa shape index (κ2) is 3.54. The van der Waals surface area contributed by atoms with E-state index in [-0.39, 0.29) is 11.5 Å². The van der Waals surface area contributed by atoms with Gasteiger partial charge in [-0.15, -0.1) is 0 Å². The summed E-state index contributed by atoms with van der Waals surface area (Å²) in [5, 5.41) is 8.74. The lowest BCUT2D eigenvalue weighted by Crippen LogP contribution is -2.48. The molecule has 1 amide bonds. The average Bonchev–Trinajstić information content (AvgIpc) is 2.04. The molecule has 4 heteroatoms. The third-order valence-corrected chi connectivity index (χ3v) is 3.28. The molecule has 1 saturated heterocycles. The maximum atomic E-state index is 10.6. The van der Waals surface area contributed by atoms with E-state index in [1.54, 1.807) is 0 Å².